The molecule has 0 aliphatic carbocycles. The Bertz CT molecular complexity index is 694. The van der Waals surface area contributed by atoms with Gasteiger partial charge in [0.05, 0.1) is 6.54 Å². The summed E-state index contributed by atoms with van der Waals surface area (Å²) < 4.78 is 4.98. The molecule has 7 nitrogen and oxygen atoms in total. The summed E-state index contributed by atoms with van der Waals surface area (Å²) in [6.45, 7) is 3.65. The average Bonchev–Trinajstić information content (AvgIpc) is 2.92. The molecule has 122 valence electrons. The van der Waals surface area contributed by atoms with E-state index < -0.39 is 0 Å². The van der Waals surface area contributed by atoms with Crippen LogP contribution in [0.15, 0.2) is 34.9 Å². The topological polar surface area (TPSA) is 78.7 Å². The maximum atomic E-state index is 12.1. The normalized spacial score (nSPS) is 10.3. The Balaban J connectivity index is 1.95. The second-order valence-electron chi connectivity index (χ2n) is 5.34. The molecule has 1 N–H and O–H groups in total. The van der Waals surface area contributed by atoms with Crippen LogP contribution in [0.1, 0.15) is 18.4 Å². The lowest BCUT2D eigenvalue weighted by molar-refractivity contribution is -0.116. The van der Waals surface area contributed by atoms with E-state index in [-0.39, 0.29) is 11.9 Å². The number of carbonyl (C=O) groups is 2. The quantitative estimate of drug-likeness (QED) is 0.940. The van der Waals surface area contributed by atoms with Crippen molar-refractivity contribution >= 4 is 23.3 Å². The zero-order valence-corrected chi connectivity index (χ0v) is 13.7. The number of hydrogen-bond donors (Lipinski definition) is 1. The number of nitrogens with one attached hydrogen (secondary N) is 1. The molecular weight excluding hydrogens is 296 g/mol. The third-order valence-corrected chi connectivity index (χ3v) is 3.40. The van der Waals surface area contributed by atoms with Crippen molar-refractivity contribution in [3.63, 3.8) is 0 Å². The molecule has 0 saturated carbocycles. The first-order valence-corrected chi connectivity index (χ1v) is 7.15. The van der Waals surface area contributed by atoms with Crippen LogP contribution in [0.4, 0.5) is 16.2 Å². The first-order chi connectivity index (χ1) is 10.9. The highest BCUT2D eigenvalue weighted by Gasteiger charge is 2.12. The minimum Gasteiger partial charge on any atom is -0.361 e. The van der Waals surface area contributed by atoms with Crippen molar-refractivity contribution in [3.8, 4) is 0 Å². The number of amides is 3. The number of aromatic nitrogens is 1. The molecule has 2 rings (SSSR count). The second kappa shape index (κ2) is 6.95. The van der Waals surface area contributed by atoms with E-state index in [1.54, 1.807) is 51.4 Å². The fourth-order valence-electron chi connectivity index (χ4n) is 1.98. The van der Waals surface area contributed by atoms with Crippen LogP contribution >= 0.6 is 0 Å². The summed E-state index contributed by atoms with van der Waals surface area (Å²) in [5, 5.41) is 6.65. The predicted octanol–water partition coefficient (Wildman–Crippen LogP) is 2.63. The summed E-state index contributed by atoms with van der Waals surface area (Å²) in [7, 11) is 3.38. The molecule has 0 atom stereocenters. The average molecular weight is 316 g/mol. The van der Waals surface area contributed by atoms with Crippen molar-refractivity contribution < 1.29 is 14.1 Å². The van der Waals surface area contributed by atoms with Gasteiger partial charge in [-0.1, -0.05) is 5.16 Å². The Morgan fingerprint density at radius 3 is 2.39 bits per heavy atom. The maximum absolute atomic E-state index is 12.1. The van der Waals surface area contributed by atoms with Gasteiger partial charge in [0.1, 0.15) is 11.5 Å². The van der Waals surface area contributed by atoms with Crippen molar-refractivity contribution in [1.82, 2.24) is 10.1 Å². The van der Waals surface area contributed by atoms with Crippen LogP contribution in [0.25, 0.3) is 0 Å². The van der Waals surface area contributed by atoms with Crippen LogP contribution < -0.4 is 10.2 Å². The van der Waals surface area contributed by atoms with Gasteiger partial charge in [0.2, 0.25) is 5.91 Å². The fraction of sp³-hybridized carbons (Fsp3) is 0.312. The van der Waals surface area contributed by atoms with Gasteiger partial charge >= 0.3 is 6.03 Å². The molecule has 0 aliphatic rings. The Morgan fingerprint density at radius 2 is 1.87 bits per heavy atom. The van der Waals surface area contributed by atoms with Crippen LogP contribution in [-0.4, -0.2) is 36.1 Å². The van der Waals surface area contributed by atoms with E-state index in [1.165, 1.54) is 16.7 Å². The number of hydrogen-bond acceptors (Lipinski definition) is 4. The number of benzene rings is 1. The first kappa shape index (κ1) is 16.5. The summed E-state index contributed by atoms with van der Waals surface area (Å²) in [6.07, 6.45) is 0. The second-order valence-corrected chi connectivity index (χ2v) is 5.34. The van der Waals surface area contributed by atoms with Crippen molar-refractivity contribution in [3.05, 3.63) is 41.8 Å². The van der Waals surface area contributed by atoms with Crippen molar-refractivity contribution in [2.75, 3.05) is 24.3 Å². The van der Waals surface area contributed by atoms with Crippen LogP contribution in [-0.2, 0) is 11.3 Å². The summed E-state index contributed by atoms with van der Waals surface area (Å²) >= 11 is 0. The van der Waals surface area contributed by atoms with Gasteiger partial charge in [-0.05, 0) is 31.2 Å². The molecule has 1 aromatic carbocycles. The van der Waals surface area contributed by atoms with E-state index in [2.05, 4.69) is 10.5 Å². The fourth-order valence-corrected chi connectivity index (χ4v) is 1.98. The Labute approximate surface area is 134 Å². The highest BCUT2D eigenvalue weighted by Crippen LogP contribution is 2.17. The molecule has 0 aliphatic heterocycles. The molecule has 1 heterocycles. The maximum Gasteiger partial charge on any atom is 0.321 e. The largest absolute Gasteiger partial charge is 0.361 e. The first-order valence-electron chi connectivity index (χ1n) is 7.15. The predicted molar refractivity (Wildman–Crippen MR) is 87.3 cm³/mol. The van der Waals surface area contributed by atoms with Crippen molar-refractivity contribution in [1.29, 1.82) is 0 Å². The number of anilines is 2. The highest BCUT2D eigenvalue weighted by atomic mass is 16.5. The van der Waals surface area contributed by atoms with Gasteiger partial charge in [-0.2, -0.15) is 0 Å². The molecule has 0 bridgehead atoms. The summed E-state index contributed by atoms with van der Waals surface area (Å²) in [5.74, 6) is 0.656. The van der Waals surface area contributed by atoms with Gasteiger partial charge in [-0.25, -0.2) is 4.79 Å². The molecule has 7 heteroatoms. The summed E-state index contributed by atoms with van der Waals surface area (Å²) in [6, 6.07) is 8.59. The molecule has 0 saturated heterocycles. The lowest BCUT2D eigenvalue weighted by Crippen LogP contribution is -2.31. The van der Waals surface area contributed by atoms with Gasteiger partial charge in [0.25, 0.3) is 0 Å². The zero-order chi connectivity index (χ0) is 17.0. The highest BCUT2D eigenvalue weighted by molar-refractivity contribution is 5.92. The standard InChI is InChI=1S/C16H20N4O3/c1-11-9-14(18-23-11)10-19(3)16(22)17-13-5-7-15(8-6-13)20(4)12(2)21/h5-9H,10H2,1-4H3,(H,17,22). The molecule has 0 spiro atoms. The lowest BCUT2D eigenvalue weighted by atomic mass is 10.2. The van der Waals surface area contributed by atoms with Gasteiger partial charge in [-0.3, -0.25) is 4.79 Å². The van der Waals surface area contributed by atoms with E-state index in [0.29, 0.717) is 23.7 Å². The smallest absolute Gasteiger partial charge is 0.321 e. The monoisotopic (exact) mass is 316 g/mol. The van der Waals surface area contributed by atoms with Crippen LogP contribution in [0.3, 0.4) is 0 Å². The number of urea groups is 1. The molecule has 23 heavy (non-hydrogen) atoms. The lowest BCUT2D eigenvalue weighted by Gasteiger charge is -2.18. The molecule has 0 fully saturated rings. The van der Waals surface area contributed by atoms with Crippen molar-refractivity contribution in [2.24, 2.45) is 0 Å². The molecule has 0 unspecified atom stereocenters. The van der Waals surface area contributed by atoms with Gasteiger partial charge in [-0.15, -0.1) is 0 Å². The number of rotatable bonds is 4. The Kier molecular flexibility index (Phi) is 5.00. The number of aryl methyl sites for hydroxylation is 1. The SMILES string of the molecule is CC(=O)N(C)c1ccc(NC(=O)N(C)Cc2cc(C)on2)cc1. The third kappa shape index (κ3) is 4.32. The molecule has 3 amide bonds. The minimum atomic E-state index is -0.252. The molecule has 2 aromatic rings. The molecule has 0 radical (unpaired) electrons. The Hall–Kier alpha value is -2.83. The molecule has 1 aromatic heterocycles. The van der Waals surface area contributed by atoms with Gasteiger partial charge in [0.15, 0.2) is 0 Å². The Morgan fingerprint density at radius 1 is 1.22 bits per heavy atom. The van der Waals surface area contributed by atoms with E-state index in [9.17, 15) is 9.59 Å². The molecular formula is C16H20N4O3. The summed E-state index contributed by atoms with van der Waals surface area (Å²) in [5.41, 5.74) is 2.11. The third-order valence-electron chi connectivity index (χ3n) is 3.40. The van der Waals surface area contributed by atoms with E-state index in [4.69, 9.17) is 4.52 Å². The van der Waals surface area contributed by atoms with E-state index in [1.807, 2.05) is 0 Å². The van der Waals surface area contributed by atoms with Crippen molar-refractivity contribution in [2.45, 2.75) is 20.4 Å². The van der Waals surface area contributed by atoms with Crippen LogP contribution in [0, 0.1) is 6.92 Å². The zero-order valence-electron chi connectivity index (χ0n) is 13.7. The minimum absolute atomic E-state index is 0.0515. The summed E-state index contributed by atoms with van der Waals surface area (Å²) in [4.78, 5) is 26.5. The van der Waals surface area contributed by atoms with Crippen LogP contribution in [0.5, 0.6) is 0 Å². The van der Waals surface area contributed by atoms with E-state index >= 15 is 0 Å². The number of carbonyl (C=O) groups excluding carboxylic acids is 2. The van der Waals surface area contributed by atoms with E-state index in [0.717, 1.165) is 5.69 Å². The van der Waals surface area contributed by atoms with Crippen LogP contribution in [0.2, 0.25) is 0 Å². The van der Waals surface area contributed by atoms with Gasteiger partial charge < -0.3 is 19.6 Å². The number of nitrogens with zero attached hydrogens (tertiary/aromatic N) is 3. The van der Waals surface area contributed by atoms with Gasteiger partial charge in [0, 0.05) is 38.5 Å².